The van der Waals surface area contributed by atoms with Gasteiger partial charge in [-0.05, 0) is 26.0 Å². The van der Waals surface area contributed by atoms with Crippen molar-refractivity contribution < 1.29 is 9.84 Å². The number of nitrogens with two attached hydrogens (primary N) is 1. The normalized spacial score (nSPS) is 22.3. The van der Waals surface area contributed by atoms with E-state index in [1.165, 1.54) is 0 Å². The number of aliphatic hydroxyl groups excluding tert-OH is 1. The van der Waals surface area contributed by atoms with Gasteiger partial charge in [0.25, 0.3) is 0 Å². The second-order valence-corrected chi connectivity index (χ2v) is 5.38. The first-order valence-electron chi connectivity index (χ1n) is 6.25. The molecule has 6 heteroatoms. The Morgan fingerprint density at radius 2 is 2.42 bits per heavy atom. The van der Waals surface area contributed by atoms with Gasteiger partial charge in [0, 0.05) is 25.0 Å². The average Bonchev–Trinajstić information content (AvgIpc) is 2.37. The Morgan fingerprint density at radius 3 is 3.05 bits per heavy atom. The van der Waals surface area contributed by atoms with Crippen molar-refractivity contribution in [2.45, 2.75) is 25.6 Å². The zero-order valence-electron chi connectivity index (χ0n) is 11.3. The summed E-state index contributed by atoms with van der Waals surface area (Å²) in [5, 5.41) is 16.7. The number of ether oxygens (including phenoxy) is 1. The maximum atomic E-state index is 9.31. The lowest BCUT2D eigenvalue weighted by atomic mass is 10.0. The number of aromatic nitrogens is 1. The van der Waals surface area contributed by atoms with Gasteiger partial charge < -0.3 is 20.5 Å². The van der Waals surface area contributed by atoms with Crippen LogP contribution in [0.1, 0.15) is 19.5 Å². The molecule has 0 saturated carbocycles. The summed E-state index contributed by atoms with van der Waals surface area (Å²) in [5.41, 5.74) is 6.53. The fourth-order valence-corrected chi connectivity index (χ4v) is 2.35. The molecule has 0 aliphatic carbocycles. The van der Waals surface area contributed by atoms with Gasteiger partial charge in [-0.1, -0.05) is 0 Å². The average molecular weight is 264 g/mol. The van der Waals surface area contributed by atoms with E-state index in [2.05, 4.69) is 9.88 Å². The summed E-state index contributed by atoms with van der Waals surface area (Å²) in [6.07, 6.45) is 1.43. The van der Waals surface area contributed by atoms with Gasteiger partial charge in [0.15, 0.2) is 0 Å². The van der Waals surface area contributed by atoms with E-state index in [0.29, 0.717) is 18.8 Å². The number of nitrogen functional groups attached to an aromatic ring is 1. The molecule has 6 nitrogen and oxygen atoms in total. The van der Waals surface area contributed by atoms with Crippen LogP contribution in [0.15, 0.2) is 18.3 Å². The summed E-state index contributed by atoms with van der Waals surface area (Å²) >= 11 is 0. The molecule has 0 bridgehead atoms. The number of anilines is 1. The quantitative estimate of drug-likeness (QED) is 0.540. The van der Waals surface area contributed by atoms with Gasteiger partial charge in [0.1, 0.15) is 11.5 Å². The predicted octanol–water partition coefficient (Wildman–Crippen LogP) is 0.342. The van der Waals surface area contributed by atoms with E-state index < -0.39 is 0 Å². The highest BCUT2D eigenvalue weighted by Crippen LogP contribution is 2.26. The highest BCUT2D eigenvalue weighted by atomic mass is 16.5. The highest BCUT2D eigenvalue weighted by Gasteiger charge is 2.33. The number of nitrogens with zero attached hydrogens (tertiary/aromatic N) is 2. The summed E-state index contributed by atoms with van der Waals surface area (Å²) in [7, 11) is 0. The number of rotatable bonds is 3. The molecule has 0 aromatic carbocycles. The molecule has 0 spiro atoms. The first kappa shape index (κ1) is 13.8. The highest BCUT2D eigenvalue weighted by molar-refractivity contribution is 5.93. The Hall–Kier alpha value is -1.66. The van der Waals surface area contributed by atoms with Crippen LogP contribution in [0.4, 0.5) is 5.69 Å². The van der Waals surface area contributed by atoms with Crippen molar-refractivity contribution in [1.29, 1.82) is 5.41 Å². The molecule has 104 valence electrons. The van der Waals surface area contributed by atoms with Crippen LogP contribution in [-0.2, 0) is 4.74 Å². The maximum Gasteiger partial charge on any atom is 0.141 e. The van der Waals surface area contributed by atoms with Crippen LogP contribution in [-0.4, -0.2) is 47.3 Å². The fourth-order valence-electron chi connectivity index (χ4n) is 2.35. The lowest BCUT2D eigenvalue weighted by Crippen LogP contribution is -2.54. The smallest absolute Gasteiger partial charge is 0.141 e. The van der Waals surface area contributed by atoms with E-state index in [9.17, 15) is 5.11 Å². The molecule has 1 saturated heterocycles. The number of aliphatic hydroxyl groups is 1. The largest absolute Gasteiger partial charge is 0.394 e. The third-order valence-corrected chi connectivity index (χ3v) is 3.07. The third kappa shape index (κ3) is 3.21. The van der Waals surface area contributed by atoms with Crippen molar-refractivity contribution in [2.75, 3.05) is 24.6 Å². The van der Waals surface area contributed by atoms with E-state index >= 15 is 0 Å². The Balaban J connectivity index is 2.25. The van der Waals surface area contributed by atoms with Crippen LogP contribution >= 0.6 is 0 Å². The summed E-state index contributed by atoms with van der Waals surface area (Å²) in [6, 6.07) is 3.67. The van der Waals surface area contributed by atoms with Gasteiger partial charge in [0.2, 0.25) is 0 Å². The molecule has 1 aliphatic rings. The molecule has 1 fully saturated rings. The minimum atomic E-state index is -0.328. The molecule has 1 aromatic heterocycles. The second-order valence-electron chi connectivity index (χ2n) is 5.38. The summed E-state index contributed by atoms with van der Waals surface area (Å²) in [4.78, 5) is 6.18. The van der Waals surface area contributed by atoms with Crippen molar-refractivity contribution in [3.8, 4) is 0 Å². The zero-order valence-corrected chi connectivity index (χ0v) is 11.3. The summed E-state index contributed by atoms with van der Waals surface area (Å²) in [5.74, 6) is -0.0481. The summed E-state index contributed by atoms with van der Waals surface area (Å²) in [6.45, 7) is 5.31. The molecule has 2 heterocycles. The number of hydrogen-bond donors (Lipinski definition) is 3. The van der Waals surface area contributed by atoms with Crippen LogP contribution in [0.3, 0.4) is 0 Å². The molecule has 0 radical (unpaired) electrons. The van der Waals surface area contributed by atoms with Crippen LogP contribution < -0.4 is 10.6 Å². The molecular weight excluding hydrogens is 244 g/mol. The van der Waals surface area contributed by atoms with E-state index in [1.54, 1.807) is 12.3 Å². The van der Waals surface area contributed by atoms with Gasteiger partial charge in [0.05, 0.1) is 18.3 Å². The Labute approximate surface area is 112 Å². The number of pyridine rings is 1. The van der Waals surface area contributed by atoms with Crippen molar-refractivity contribution in [2.24, 2.45) is 5.73 Å². The molecular formula is C13H20N4O2. The van der Waals surface area contributed by atoms with E-state index in [0.717, 1.165) is 5.69 Å². The minimum Gasteiger partial charge on any atom is -0.394 e. The van der Waals surface area contributed by atoms with E-state index in [4.69, 9.17) is 15.9 Å². The number of morpholine rings is 1. The SMILES string of the molecule is CC1(C)CN(c2ccnc(C(=N)N)c2)CC(CO)O1. The molecule has 1 atom stereocenters. The molecule has 4 N–H and O–H groups in total. The second kappa shape index (κ2) is 5.14. The first-order chi connectivity index (χ1) is 8.91. The molecule has 19 heavy (non-hydrogen) atoms. The molecule has 2 rings (SSSR count). The summed E-state index contributed by atoms with van der Waals surface area (Å²) < 4.78 is 5.78. The first-order valence-corrected chi connectivity index (χ1v) is 6.25. The van der Waals surface area contributed by atoms with E-state index in [1.807, 2.05) is 19.9 Å². The van der Waals surface area contributed by atoms with Crippen LogP contribution in [0.5, 0.6) is 0 Å². The topological polar surface area (TPSA) is 95.5 Å². The minimum absolute atomic E-state index is 0.00935. The molecule has 1 aliphatic heterocycles. The molecule has 0 amide bonds. The predicted molar refractivity (Wildman–Crippen MR) is 73.5 cm³/mol. The lowest BCUT2D eigenvalue weighted by molar-refractivity contribution is -0.101. The van der Waals surface area contributed by atoms with Crippen molar-refractivity contribution >= 4 is 11.5 Å². The zero-order chi connectivity index (χ0) is 14.0. The maximum absolute atomic E-state index is 9.31. The van der Waals surface area contributed by atoms with Crippen LogP contribution in [0.2, 0.25) is 0 Å². The Bertz CT molecular complexity index is 475. The van der Waals surface area contributed by atoms with Crippen LogP contribution in [0.25, 0.3) is 0 Å². The van der Waals surface area contributed by atoms with Crippen molar-refractivity contribution in [1.82, 2.24) is 4.98 Å². The van der Waals surface area contributed by atoms with Crippen LogP contribution in [0, 0.1) is 5.41 Å². The van der Waals surface area contributed by atoms with Gasteiger partial charge in [-0.2, -0.15) is 0 Å². The fraction of sp³-hybridized carbons (Fsp3) is 0.538. The lowest BCUT2D eigenvalue weighted by Gasteiger charge is -2.43. The van der Waals surface area contributed by atoms with Crippen molar-refractivity contribution in [3.63, 3.8) is 0 Å². The number of nitrogens with one attached hydrogen (secondary N) is 1. The third-order valence-electron chi connectivity index (χ3n) is 3.07. The molecule has 1 aromatic rings. The Kier molecular flexibility index (Phi) is 3.73. The number of hydrogen-bond acceptors (Lipinski definition) is 5. The van der Waals surface area contributed by atoms with Gasteiger partial charge in [-0.15, -0.1) is 0 Å². The number of amidine groups is 1. The van der Waals surface area contributed by atoms with Gasteiger partial charge >= 0.3 is 0 Å². The van der Waals surface area contributed by atoms with E-state index in [-0.39, 0.29) is 24.1 Å². The Morgan fingerprint density at radius 1 is 1.68 bits per heavy atom. The standard InChI is InChI=1S/C13H20N4O2/c1-13(2)8-17(6-10(7-18)19-13)9-3-4-16-11(5-9)12(14)15/h3-5,10,18H,6-8H2,1-2H3,(H3,14,15). The van der Waals surface area contributed by atoms with Gasteiger partial charge in [-0.25, -0.2) is 0 Å². The molecule has 1 unspecified atom stereocenters. The van der Waals surface area contributed by atoms with Crippen molar-refractivity contribution in [3.05, 3.63) is 24.0 Å². The monoisotopic (exact) mass is 264 g/mol. The van der Waals surface area contributed by atoms with Gasteiger partial charge in [-0.3, -0.25) is 10.4 Å².